The largest absolute Gasteiger partial charge is 0.228 e. The van der Waals surface area contributed by atoms with Crippen LogP contribution in [0.3, 0.4) is 0 Å². The van der Waals surface area contributed by atoms with Crippen molar-refractivity contribution in [3.8, 4) is 0 Å². The van der Waals surface area contributed by atoms with E-state index in [-0.39, 0.29) is 11.0 Å². The van der Waals surface area contributed by atoms with Crippen molar-refractivity contribution in [3.63, 3.8) is 0 Å². The molecule has 3 heteroatoms. The van der Waals surface area contributed by atoms with Gasteiger partial charge < -0.3 is 0 Å². The predicted octanol–water partition coefficient (Wildman–Crippen LogP) is 1.53. The molecule has 1 aliphatic rings. The first-order valence-corrected chi connectivity index (χ1v) is 5.71. The molecular weight excluding hydrogens is 160 g/mol. The van der Waals surface area contributed by atoms with Crippen molar-refractivity contribution in [2.24, 2.45) is 0 Å². The molecule has 0 unspecified atom stereocenters. The van der Waals surface area contributed by atoms with E-state index >= 15 is 0 Å². The van der Waals surface area contributed by atoms with Gasteiger partial charge in [0.2, 0.25) is 0 Å². The first-order valence-electron chi connectivity index (χ1n) is 3.99. The molecule has 0 aromatic rings. The van der Waals surface area contributed by atoms with Crippen molar-refractivity contribution in [1.82, 2.24) is 0 Å². The SMILES string of the molecule is C=CCS(=O)(=O)C1CCCC1. The van der Waals surface area contributed by atoms with E-state index in [1.807, 2.05) is 0 Å². The summed E-state index contributed by atoms with van der Waals surface area (Å²) in [5.41, 5.74) is 0. The van der Waals surface area contributed by atoms with Crippen LogP contribution < -0.4 is 0 Å². The maximum atomic E-state index is 11.4. The Hall–Kier alpha value is -0.310. The Bertz CT molecular complexity index is 222. The van der Waals surface area contributed by atoms with E-state index < -0.39 is 9.84 Å². The van der Waals surface area contributed by atoms with Gasteiger partial charge in [0, 0.05) is 0 Å². The van der Waals surface area contributed by atoms with Gasteiger partial charge in [-0.25, -0.2) is 8.42 Å². The van der Waals surface area contributed by atoms with E-state index in [1.165, 1.54) is 6.08 Å². The van der Waals surface area contributed by atoms with Crippen molar-refractivity contribution in [2.45, 2.75) is 30.9 Å². The molecule has 2 nitrogen and oxygen atoms in total. The molecule has 0 aromatic carbocycles. The molecule has 0 radical (unpaired) electrons. The smallest absolute Gasteiger partial charge is 0.156 e. The monoisotopic (exact) mass is 174 g/mol. The van der Waals surface area contributed by atoms with E-state index in [4.69, 9.17) is 0 Å². The fourth-order valence-electron chi connectivity index (χ4n) is 1.55. The van der Waals surface area contributed by atoms with Crippen LogP contribution in [0.15, 0.2) is 12.7 Å². The second kappa shape index (κ2) is 3.39. The van der Waals surface area contributed by atoms with Crippen LogP contribution in [0, 0.1) is 0 Å². The van der Waals surface area contributed by atoms with Crippen molar-refractivity contribution in [1.29, 1.82) is 0 Å². The number of hydrogen-bond donors (Lipinski definition) is 0. The Balaban J connectivity index is 2.63. The quantitative estimate of drug-likeness (QED) is 0.608. The second-order valence-electron chi connectivity index (χ2n) is 3.02. The van der Waals surface area contributed by atoms with Gasteiger partial charge in [-0.3, -0.25) is 0 Å². The third-order valence-corrected chi connectivity index (χ3v) is 4.35. The van der Waals surface area contributed by atoms with E-state index in [0.717, 1.165) is 25.7 Å². The molecule has 1 aliphatic carbocycles. The molecule has 0 saturated heterocycles. The van der Waals surface area contributed by atoms with Gasteiger partial charge in [0.05, 0.1) is 11.0 Å². The minimum absolute atomic E-state index is 0.0690. The summed E-state index contributed by atoms with van der Waals surface area (Å²) in [5.74, 6) is 0.150. The summed E-state index contributed by atoms with van der Waals surface area (Å²) in [6, 6.07) is 0. The average Bonchev–Trinajstić information content (AvgIpc) is 2.37. The first-order chi connectivity index (χ1) is 5.17. The van der Waals surface area contributed by atoms with Crippen LogP contribution in [-0.2, 0) is 9.84 Å². The van der Waals surface area contributed by atoms with Crippen LogP contribution in [0.1, 0.15) is 25.7 Å². The molecular formula is C8H14O2S. The van der Waals surface area contributed by atoms with Gasteiger partial charge in [-0.15, -0.1) is 6.58 Å². The lowest BCUT2D eigenvalue weighted by molar-refractivity contribution is 0.583. The number of sulfone groups is 1. The van der Waals surface area contributed by atoms with Gasteiger partial charge >= 0.3 is 0 Å². The molecule has 0 spiro atoms. The minimum Gasteiger partial charge on any atom is -0.228 e. The summed E-state index contributed by atoms with van der Waals surface area (Å²) in [7, 11) is -2.83. The molecule has 0 N–H and O–H groups in total. The highest BCUT2D eigenvalue weighted by atomic mass is 32.2. The first kappa shape index (κ1) is 8.78. The molecule has 0 aromatic heterocycles. The summed E-state index contributed by atoms with van der Waals surface area (Å²) < 4.78 is 22.7. The fraction of sp³-hybridized carbons (Fsp3) is 0.750. The highest BCUT2D eigenvalue weighted by Gasteiger charge is 2.26. The summed E-state index contributed by atoms with van der Waals surface area (Å²) >= 11 is 0. The molecule has 1 rings (SSSR count). The van der Waals surface area contributed by atoms with Crippen LogP contribution in [-0.4, -0.2) is 19.4 Å². The lowest BCUT2D eigenvalue weighted by Gasteiger charge is -2.07. The van der Waals surface area contributed by atoms with Crippen molar-refractivity contribution in [2.75, 3.05) is 5.75 Å². The molecule has 0 heterocycles. The van der Waals surface area contributed by atoms with E-state index in [0.29, 0.717) is 0 Å². The van der Waals surface area contributed by atoms with E-state index in [2.05, 4.69) is 6.58 Å². The lowest BCUT2D eigenvalue weighted by Crippen LogP contribution is -2.19. The zero-order valence-corrected chi connectivity index (χ0v) is 7.44. The maximum Gasteiger partial charge on any atom is 0.156 e. The summed E-state index contributed by atoms with van der Waals surface area (Å²) in [5, 5.41) is -0.0690. The van der Waals surface area contributed by atoms with Crippen LogP contribution in [0.2, 0.25) is 0 Å². The van der Waals surface area contributed by atoms with Crippen LogP contribution in [0.5, 0.6) is 0 Å². The van der Waals surface area contributed by atoms with E-state index in [1.54, 1.807) is 0 Å². The molecule has 0 bridgehead atoms. The number of rotatable bonds is 3. The van der Waals surface area contributed by atoms with Gasteiger partial charge in [-0.1, -0.05) is 18.9 Å². The molecule has 0 aliphatic heterocycles. The average molecular weight is 174 g/mol. The third kappa shape index (κ3) is 2.06. The van der Waals surface area contributed by atoms with Crippen LogP contribution in [0.25, 0.3) is 0 Å². The molecule has 64 valence electrons. The third-order valence-electron chi connectivity index (χ3n) is 2.16. The Morgan fingerprint density at radius 3 is 2.36 bits per heavy atom. The van der Waals surface area contributed by atoms with Gasteiger partial charge in [-0.2, -0.15) is 0 Å². The summed E-state index contributed by atoms with van der Waals surface area (Å²) in [6.45, 7) is 3.44. The van der Waals surface area contributed by atoms with Gasteiger partial charge in [0.1, 0.15) is 0 Å². The predicted molar refractivity (Wildman–Crippen MR) is 46.2 cm³/mol. The van der Waals surface area contributed by atoms with Crippen LogP contribution in [0.4, 0.5) is 0 Å². The zero-order valence-electron chi connectivity index (χ0n) is 6.62. The number of hydrogen-bond acceptors (Lipinski definition) is 2. The van der Waals surface area contributed by atoms with Crippen molar-refractivity contribution >= 4 is 9.84 Å². The molecule has 1 fully saturated rings. The Labute approximate surface area is 68.2 Å². The van der Waals surface area contributed by atoms with Crippen molar-refractivity contribution in [3.05, 3.63) is 12.7 Å². The summed E-state index contributed by atoms with van der Waals surface area (Å²) in [4.78, 5) is 0. The second-order valence-corrected chi connectivity index (χ2v) is 5.35. The maximum absolute atomic E-state index is 11.4. The Morgan fingerprint density at radius 2 is 1.91 bits per heavy atom. The van der Waals surface area contributed by atoms with E-state index in [9.17, 15) is 8.42 Å². The van der Waals surface area contributed by atoms with Crippen molar-refractivity contribution < 1.29 is 8.42 Å². The standard InChI is InChI=1S/C8H14O2S/c1-2-7-11(9,10)8-5-3-4-6-8/h2,8H,1,3-7H2. The normalized spacial score (nSPS) is 20.4. The topological polar surface area (TPSA) is 34.1 Å². The van der Waals surface area contributed by atoms with Gasteiger partial charge in [0.15, 0.2) is 9.84 Å². The molecule has 0 atom stereocenters. The fourth-order valence-corrected chi connectivity index (χ4v) is 3.20. The zero-order chi connectivity index (χ0) is 8.32. The lowest BCUT2D eigenvalue weighted by atomic mass is 10.4. The molecule has 0 amide bonds. The highest BCUT2D eigenvalue weighted by Crippen LogP contribution is 2.24. The van der Waals surface area contributed by atoms with Gasteiger partial charge in [0.25, 0.3) is 0 Å². The Morgan fingerprint density at radius 1 is 1.36 bits per heavy atom. The summed E-state index contributed by atoms with van der Waals surface area (Å²) in [6.07, 6.45) is 5.34. The van der Waals surface area contributed by atoms with Gasteiger partial charge in [-0.05, 0) is 12.8 Å². The molecule has 11 heavy (non-hydrogen) atoms. The van der Waals surface area contributed by atoms with Crippen LogP contribution >= 0.6 is 0 Å². The Kier molecular flexibility index (Phi) is 2.71. The molecule has 1 saturated carbocycles. The highest BCUT2D eigenvalue weighted by molar-refractivity contribution is 7.92. The minimum atomic E-state index is -2.83.